The molecule has 0 aliphatic rings. The number of nitriles is 1. The zero-order valence-electron chi connectivity index (χ0n) is 12.3. The molecular formula is C19H16N2O. The molecule has 1 aromatic heterocycles. The minimum atomic E-state index is 0.163. The summed E-state index contributed by atoms with van der Waals surface area (Å²) in [6.45, 7) is 2.11. The van der Waals surface area contributed by atoms with E-state index in [9.17, 15) is 5.26 Å². The lowest BCUT2D eigenvalue weighted by atomic mass is 9.97. The maximum atomic E-state index is 9.43. The number of furan rings is 1. The molecule has 108 valence electrons. The molecule has 2 aromatic carbocycles. The third-order valence-electron chi connectivity index (χ3n) is 3.73. The first-order valence-electron chi connectivity index (χ1n) is 7.21. The van der Waals surface area contributed by atoms with Gasteiger partial charge in [-0.3, -0.25) is 0 Å². The molecular weight excluding hydrogens is 272 g/mol. The van der Waals surface area contributed by atoms with Gasteiger partial charge < -0.3 is 10.2 Å². The lowest BCUT2D eigenvalue weighted by Gasteiger charge is -2.05. The fourth-order valence-electron chi connectivity index (χ4n) is 2.54. The van der Waals surface area contributed by atoms with E-state index < -0.39 is 0 Å². The summed E-state index contributed by atoms with van der Waals surface area (Å²) in [5.74, 6) is 0.801. The van der Waals surface area contributed by atoms with E-state index in [-0.39, 0.29) is 5.88 Å². The molecule has 3 nitrogen and oxygen atoms in total. The largest absolute Gasteiger partial charge is 0.439 e. The highest BCUT2D eigenvalue weighted by atomic mass is 16.4. The number of rotatable bonds is 3. The van der Waals surface area contributed by atoms with Gasteiger partial charge in [-0.25, -0.2) is 0 Å². The van der Waals surface area contributed by atoms with E-state index in [0.29, 0.717) is 11.3 Å². The Morgan fingerprint density at radius 3 is 2.27 bits per heavy atom. The van der Waals surface area contributed by atoms with E-state index in [1.807, 2.05) is 42.5 Å². The molecule has 2 N–H and O–H groups in total. The fourth-order valence-corrected chi connectivity index (χ4v) is 2.54. The van der Waals surface area contributed by atoms with Crippen molar-refractivity contribution < 1.29 is 4.42 Å². The maximum Gasteiger partial charge on any atom is 0.209 e. The third-order valence-corrected chi connectivity index (χ3v) is 3.73. The first-order chi connectivity index (χ1) is 10.7. The Bertz CT molecular complexity index is 824. The van der Waals surface area contributed by atoms with Gasteiger partial charge in [-0.05, 0) is 17.5 Å². The van der Waals surface area contributed by atoms with Crippen LogP contribution < -0.4 is 5.73 Å². The first-order valence-corrected chi connectivity index (χ1v) is 7.21. The predicted molar refractivity (Wildman–Crippen MR) is 88.1 cm³/mol. The zero-order valence-corrected chi connectivity index (χ0v) is 12.3. The van der Waals surface area contributed by atoms with Gasteiger partial charge in [-0.2, -0.15) is 5.26 Å². The highest BCUT2D eigenvalue weighted by Gasteiger charge is 2.21. The summed E-state index contributed by atoms with van der Waals surface area (Å²) in [7, 11) is 0. The molecule has 0 saturated carbocycles. The van der Waals surface area contributed by atoms with Gasteiger partial charge in [0.1, 0.15) is 17.4 Å². The van der Waals surface area contributed by atoms with Crippen molar-refractivity contribution in [3.05, 3.63) is 65.7 Å². The van der Waals surface area contributed by atoms with E-state index in [1.165, 1.54) is 5.56 Å². The molecule has 3 rings (SSSR count). The molecule has 0 saturated heterocycles. The van der Waals surface area contributed by atoms with Gasteiger partial charge in [0.2, 0.25) is 5.88 Å². The maximum absolute atomic E-state index is 9.43. The Hall–Kier alpha value is -2.99. The van der Waals surface area contributed by atoms with E-state index >= 15 is 0 Å². The Morgan fingerprint density at radius 2 is 1.68 bits per heavy atom. The van der Waals surface area contributed by atoms with Crippen molar-refractivity contribution in [1.29, 1.82) is 5.26 Å². The summed E-state index contributed by atoms with van der Waals surface area (Å²) in [4.78, 5) is 0. The molecule has 0 bridgehead atoms. The summed E-state index contributed by atoms with van der Waals surface area (Å²) < 4.78 is 5.69. The smallest absolute Gasteiger partial charge is 0.209 e. The second-order valence-electron chi connectivity index (χ2n) is 5.07. The van der Waals surface area contributed by atoms with Crippen LogP contribution in [0, 0.1) is 11.3 Å². The van der Waals surface area contributed by atoms with Crippen LogP contribution in [0.5, 0.6) is 0 Å². The van der Waals surface area contributed by atoms with Gasteiger partial charge in [0, 0.05) is 11.1 Å². The van der Waals surface area contributed by atoms with Gasteiger partial charge in [-0.15, -0.1) is 0 Å². The SMILES string of the molecule is CCc1ccc(-c2c(-c3ccccc3)oc(N)c2C#N)cc1. The number of nitrogens with zero attached hydrogens (tertiary/aromatic N) is 1. The van der Waals surface area contributed by atoms with Gasteiger partial charge in [-0.1, -0.05) is 61.5 Å². The van der Waals surface area contributed by atoms with Gasteiger partial charge in [0.25, 0.3) is 0 Å². The quantitative estimate of drug-likeness (QED) is 0.764. The normalized spacial score (nSPS) is 10.4. The highest BCUT2D eigenvalue weighted by molar-refractivity contribution is 5.87. The van der Waals surface area contributed by atoms with Crippen molar-refractivity contribution in [3.63, 3.8) is 0 Å². The second-order valence-corrected chi connectivity index (χ2v) is 5.07. The molecule has 3 aromatic rings. The van der Waals surface area contributed by atoms with Crippen molar-refractivity contribution >= 4 is 5.88 Å². The number of hydrogen-bond acceptors (Lipinski definition) is 3. The zero-order chi connectivity index (χ0) is 15.5. The van der Waals surface area contributed by atoms with Crippen LogP contribution in [0.4, 0.5) is 5.88 Å². The van der Waals surface area contributed by atoms with Crippen molar-refractivity contribution in [3.8, 4) is 28.5 Å². The lowest BCUT2D eigenvalue weighted by molar-refractivity contribution is 0.603. The molecule has 0 unspecified atom stereocenters. The first kappa shape index (κ1) is 14.0. The monoisotopic (exact) mass is 288 g/mol. The van der Waals surface area contributed by atoms with Crippen LogP contribution in [0.2, 0.25) is 0 Å². The van der Waals surface area contributed by atoms with Crippen LogP contribution in [0.25, 0.3) is 22.5 Å². The molecule has 0 amide bonds. The second kappa shape index (κ2) is 5.79. The summed E-state index contributed by atoms with van der Waals surface area (Å²) in [5, 5.41) is 9.43. The van der Waals surface area contributed by atoms with Crippen LogP contribution >= 0.6 is 0 Å². The average molecular weight is 288 g/mol. The fraction of sp³-hybridized carbons (Fsp3) is 0.105. The molecule has 0 aliphatic heterocycles. The number of nitrogen functional groups attached to an aromatic ring is 1. The van der Waals surface area contributed by atoms with Gasteiger partial charge in [0.15, 0.2) is 0 Å². The van der Waals surface area contributed by atoms with Crippen LogP contribution in [-0.4, -0.2) is 0 Å². The van der Waals surface area contributed by atoms with Crippen molar-refractivity contribution in [2.24, 2.45) is 0 Å². The van der Waals surface area contributed by atoms with Crippen LogP contribution in [0.3, 0.4) is 0 Å². The number of anilines is 1. The minimum absolute atomic E-state index is 0.163. The topological polar surface area (TPSA) is 62.9 Å². The molecule has 0 aliphatic carbocycles. The van der Waals surface area contributed by atoms with E-state index in [0.717, 1.165) is 23.1 Å². The molecule has 0 radical (unpaired) electrons. The number of nitrogens with two attached hydrogens (primary N) is 1. The summed E-state index contributed by atoms with van der Waals surface area (Å²) in [5.41, 5.74) is 10.1. The number of hydrogen-bond donors (Lipinski definition) is 1. The van der Waals surface area contributed by atoms with Crippen molar-refractivity contribution in [1.82, 2.24) is 0 Å². The molecule has 1 heterocycles. The van der Waals surface area contributed by atoms with Crippen molar-refractivity contribution in [2.45, 2.75) is 13.3 Å². The summed E-state index contributed by atoms with van der Waals surface area (Å²) in [6, 6.07) is 20.0. The highest BCUT2D eigenvalue weighted by Crippen LogP contribution is 2.40. The lowest BCUT2D eigenvalue weighted by Crippen LogP contribution is -1.87. The standard InChI is InChI=1S/C19H16N2O/c1-2-13-8-10-14(11-9-13)17-16(12-20)19(21)22-18(17)15-6-4-3-5-7-15/h3-11H,2,21H2,1H3. The van der Waals surface area contributed by atoms with E-state index in [1.54, 1.807) is 0 Å². The third kappa shape index (κ3) is 2.36. The van der Waals surface area contributed by atoms with Gasteiger partial charge in [0.05, 0.1) is 0 Å². The molecule has 22 heavy (non-hydrogen) atoms. The van der Waals surface area contributed by atoms with Gasteiger partial charge >= 0.3 is 0 Å². The molecule has 0 fully saturated rings. The Morgan fingerprint density at radius 1 is 1.00 bits per heavy atom. The molecule has 0 atom stereocenters. The van der Waals surface area contributed by atoms with E-state index in [2.05, 4.69) is 25.1 Å². The Balaban J connectivity index is 2.22. The van der Waals surface area contributed by atoms with Crippen LogP contribution in [-0.2, 0) is 6.42 Å². The van der Waals surface area contributed by atoms with Crippen LogP contribution in [0.1, 0.15) is 18.1 Å². The average Bonchev–Trinajstić information content (AvgIpc) is 2.92. The van der Waals surface area contributed by atoms with Crippen molar-refractivity contribution in [2.75, 3.05) is 5.73 Å². The molecule has 0 spiro atoms. The van der Waals surface area contributed by atoms with E-state index in [4.69, 9.17) is 10.2 Å². The summed E-state index contributed by atoms with van der Waals surface area (Å²) in [6.07, 6.45) is 0.977. The predicted octanol–water partition coefficient (Wildman–Crippen LogP) is 4.63. The number of aryl methyl sites for hydroxylation is 1. The van der Waals surface area contributed by atoms with Crippen LogP contribution in [0.15, 0.2) is 59.0 Å². The molecule has 3 heteroatoms. The minimum Gasteiger partial charge on any atom is -0.439 e. The number of benzene rings is 2. The summed E-state index contributed by atoms with van der Waals surface area (Å²) >= 11 is 0. The Kier molecular flexibility index (Phi) is 3.67. The Labute approximate surface area is 129 Å².